The first-order chi connectivity index (χ1) is 19.4. The summed E-state index contributed by atoms with van der Waals surface area (Å²) in [5.41, 5.74) is 2.57. The number of morpholine rings is 1. The first-order valence-corrected chi connectivity index (χ1v) is 15.0. The molecule has 1 saturated heterocycles. The van der Waals surface area contributed by atoms with E-state index in [1.807, 2.05) is 23.9 Å². The van der Waals surface area contributed by atoms with E-state index in [-0.39, 0.29) is 22.7 Å². The van der Waals surface area contributed by atoms with Crippen LogP contribution in [0.4, 0.5) is 27.1 Å². The van der Waals surface area contributed by atoms with E-state index < -0.39 is 24.1 Å². The minimum Gasteiger partial charge on any atom is -0.379 e. The van der Waals surface area contributed by atoms with Crippen molar-refractivity contribution in [2.24, 2.45) is 0 Å². The molecule has 3 aromatic rings. The summed E-state index contributed by atoms with van der Waals surface area (Å²) in [4.78, 5) is 26.2. The lowest BCUT2D eigenvalue weighted by Gasteiger charge is -2.36. The number of ether oxygens (including phenoxy) is 1. The van der Waals surface area contributed by atoms with E-state index in [1.165, 1.54) is 48.5 Å². The summed E-state index contributed by atoms with van der Waals surface area (Å²) in [6, 6.07) is 14.8. The molecule has 2 aliphatic rings. The molecule has 12 heteroatoms. The minimum absolute atomic E-state index is 0.0830. The highest BCUT2D eigenvalue weighted by molar-refractivity contribution is 7.71. The maximum Gasteiger partial charge on any atom is 0.269 e. The van der Waals surface area contributed by atoms with Crippen LogP contribution < -0.4 is 20.6 Å². The van der Waals surface area contributed by atoms with Gasteiger partial charge >= 0.3 is 0 Å². The van der Waals surface area contributed by atoms with Crippen molar-refractivity contribution in [3.63, 3.8) is 0 Å². The zero-order valence-corrected chi connectivity index (χ0v) is 24.3. The molecule has 0 saturated carbocycles. The Morgan fingerprint density at radius 3 is 2.34 bits per heavy atom. The van der Waals surface area contributed by atoms with Crippen molar-refractivity contribution in [3.8, 4) is 0 Å². The fourth-order valence-electron chi connectivity index (χ4n) is 5.40. The number of nitrogens with zero attached hydrogens (tertiary/aromatic N) is 3. The number of likely N-dealkylation sites (N-methyl/N-ethyl adjacent to an activating group) is 1. The molecule has 0 unspecified atom stereocenters. The van der Waals surface area contributed by atoms with E-state index in [0.29, 0.717) is 43.0 Å². The number of nitro benzene ring substituents is 1. The van der Waals surface area contributed by atoms with Crippen molar-refractivity contribution < 1.29 is 23.4 Å². The number of rotatable bonds is 7. The molecule has 0 radical (unpaired) electrons. The Hall–Kier alpha value is -3.79. The lowest BCUT2D eigenvalue weighted by molar-refractivity contribution is -0.384. The van der Waals surface area contributed by atoms with Gasteiger partial charge < -0.3 is 20.0 Å². The van der Waals surface area contributed by atoms with Crippen LogP contribution in [0.2, 0.25) is 0 Å². The Morgan fingerprint density at radius 2 is 1.73 bits per heavy atom. The molecule has 5 rings (SSSR count). The van der Waals surface area contributed by atoms with Gasteiger partial charge in [-0.25, -0.2) is 9.06 Å². The normalized spacial score (nSPS) is 19.7. The molecule has 2 aliphatic heterocycles. The summed E-state index contributed by atoms with van der Waals surface area (Å²) in [5, 5.41) is 17.8. The van der Waals surface area contributed by atoms with Gasteiger partial charge in [0.05, 0.1) is 29.1 Å². The highest BCUT2D eigenvalue weighted by Crippen LogP contribution is 2.54. The summed E-state index contributed by atoms with van der Waals surface area (Å²) in [7, 11) is -1.70. The van der Waals surface area contributed by atoms with E-state index in [2.05, 4.69) is 36.1 Å². The van der Waals surface area contributed by atoms with Gasteiger partial charge in [0.15, 0.2) is 0 Å². The van der Waals surface area contributed by atoms with Gasteiger partial charge in [-0.3, -0.25) is 19.5 Å². The number of halogens is 1. The number of carbonyl (C=O) groups excluding carboxylic acids is 1. The molecule has 0 aliphatic carbocycles. The van der Waals surface area contributed by atoms with Gasteiger partial charge in [-0.05, 0) is 61.0 Å². The molecule has 216 valence electrons. The van der Waals surface area contributed by atoms with E-state index in [1.54, 1.807) is 0 Å². The van der Waals surface area contributed by atoms with E-state index >= 15 is 4.57 Å². The van der Waals surface area contributed by atoms with Crippen molar-refractivity contribution in [1.82, 2.24) is 4.67 Å². The van der Waals surface area contributed by atoms with Crippen LogP contribution in [0.3, 0.4) is 0 Å². The number of fused-ring (bicyclic) bond motifs is 1. The predicted molar refractivity (Wildman–Crippen MR) is 158 cm³/mol. The van der Waals surface area contributed by atoms with Gasteiger partial charge in [0.25, 0.3) is 19.0 Å². The Bertz CT molecular complexity index is 1520. The van der Waals surface area contributed by atoms with Gasteiger partial charge in [0.1, 0.15) is 5.82 Å². The van der Waals surface area contributed by atoms with Crippen LogP contribution in [0, 0.1) is 15.9 Å². The van der Waals surface area contributed by atoms with Crippen molar-refractivity contribution in [2.75, 3.05) is 48.7 Å². The highest BCUT2D eigenvalue weighted by atomic mass is 31.2. The van der Waals surface area contributed by atoms with Gasteiger partial charge in [0, 0.05) is 60.7 Å². The summed E-state index contributed by atoms with van der Waals surface area (Å²) in [5.74, 6) is -0.926. The molecule has 2 atom stereocenters. The third kappa shape index (κ3) is 5.32. The zero-order chi connectivity index (χ0) is 29.5. The van der Waals surface area contributed by atoms with E-state index in [9.17, 15) is 19.3 Å². The standard InChI is InChI=1S/C29H33FN5O5P/c1-19-29(2,3)24-17-27(25(18-26(24)33(19)4)31-28(36)20-5-7-21(30)8-6-20)41(39,34-13-15-40-16-14-34)32-22-9-11-23(12-10-22)35(37)38/h5-12,17-19H,13-16H2,1-4H3,(H,31,36)(H,32,39)/t19-,41-/m0/s1. The molecule has 0 bridgehead atoms. The van der Waals surface area contributed by atoms with Crippen LogP contribution in [0.5, 0.6) is 0 Å². The van der Waals surface area contributed by atoms with Crippen molar-refractivity contribution in [3.05, 3.63) is 87.7 Å². The molecule has 41 heavy (non-hydrogen) atoms. The largest absolute Gasteiger partial charge is 0.379 e. The maximum absolute atomic E-state index is 15.3. The van der Waals surface area contributed by atoms with Gasteiger partial charge in [-0.15, -0.1) is 0 Å². The maximum atomic E-state index is 15.3. The molecule has 2 heterocycles. The first-order valence-electron chi connectivity index (χ1n) is 13.4. The molecule has 10 nitrogen and oxygen atoms in total. The number of anilines is 3. The smallest absolute Gasteiger partial charge is 0.269 e. The fraction of sp³-hybridized carbons (Fsp3) is 0.345. The number of carbonyl (C=O) groups is 1. The van der Waals surface area contributed by atoms with Crippen LogP contribution in [-0.4, -0.2) is 54.9 Å². The van der Waals surface area contributed by atoms with Crippen molar-refractivity contribution in [2.45, 2.75) is 32.2 Å². The summed E-state index contributed by atoms with van der Waals surface area (Å²) < 4.78 is 36.2. The quantitative estimate of drug-likeness (QED) is 0.218. The van der Waals surface area contributed by atoms with Crippen molar-refractivity contribution in [1.29, 1.82) is 0 Å². The number of nitro groups is 1. The molecule has 0 aromatic heterocycles. The Labute approximate surface area is 238 Å². The third-order valence-electron chi connectivity index (χ3n) is 8.24. The molecule has 1 amide bonds. The van der Waals surface area contributed by atoms with Crippen LogP contribution in [0.1, 0.15) is 36.7 Å². The molecular weight excluding hydrogens is 548 g/mol. The van der Waals surface area contributed by atoms with Crippen LogP contribution in [0.15, 0.2) is 60.7 Å². The SMILES string of the molecule is C[C@@H]1N(C)c2cc(NC(=O)c3ccc(F)cc3)c([P@](=O)(Nc3ccc([N+](=O)[O-])cc3)N3CCOCC3)cc2C1(C)C. The molecule has 1 fully saturated rings. The summed E-state index contributed by atoms with van der Waals surface area (Å²) in [6.45, 7) is 7.87. The van der Waals surface area contributed by atoms with Gasteiger partial charge in [-0.1, -0.05) is 13.8 Å². The second kappa shape index (κ2) is 10.9. The van der Waals surface area contributed by atoms with Crippen LogP contribution in [-0.2, 0) is 14.7 Å². The summed E-state index contributed by atoms with van der Waals surface area (Å²) in [6.07, 6.45) is 0. The number of nitrogens with one attached hydrogen (secondary N) is 2. The Balaban J connectivity index is 1.67. The lowest BCUT2D eigenvalue weighted by atomic mass is 9.81. The minimum atomic E-state index is -3.69. The number of hydrogen-bond acceptors (Lipinski definition) is 6. The molecule has 2 N–H and O–H groups in total. The number of hydrogen-bond donors (Lipinski definition) is 2. The zero-order valence-electron chi connectivity index (χ0n) is 23.4. The molecular formula is C29H33FN5O5P. The van der Waals surface area contributed by atoms with E-state index in [0.717, 1.165) is 11.3 Å². The predicted octanol–water partition coefficient (Wildman–Crippen LogP) is 5.36. The fourth-order valence-corrected chi connectivity index (χ4v) is 7.94. The first kappa shape index (κ1) is 28.7. The second-order valence-electron chi connectivity index (χ2n) is 10.9. The second-order valence-corrected chi connectivity index (χ2v) is 13.3. The van der Waals surface area contributed by atoms with E-state index in [4.69, 9.17) is 4.74 Å². The number of non-ortho nitro benzene ring substituents is 1. The Kier molecular flexibility index (Phi) is 7.63. The Morgan fingerprint density at radius 1 is 1.10 bits per heavy atom. The average molecular weight is 582 g/mol. The number of benzene rings is 3. The topological polar surface area (TPSA) is 117 Å². The van der Waals surface area contributed by atoms with Crippen LogP contribution >= 0.6 is 7.44 Å². The van der Waals surface area contributed by atoms with Gasteiger partial charge in [-0.2, -0.15) is 0 Å². The summed E-state index contributed by atoms with van der Waals surface area (Å²) >= 11 is 0. The number of amides is 1. The van der Waals surface area contributed by atoms with Crippen molar-refractivity contribution >= 4 is 41.4 Å². The van der Waals surface area contributed by atoms with Gasteiger partial charge in [0.2, 0.25) is 0 Å². The lowest BCUT2D eigenvalue weighted by Crippen LogP contribution is -2.40. The molecule has 3 aromatic carbocycles. The average Bonchev–Trinajstić information content (AvgIpc) is 3.12. The highest BCUT2D eigenvalue weighted by Gasteiger charge is 2.44. The molecule has 0 spiro atoms. The van der Waals surface area contributed by atoms with Crippen LogP contribution in [0.25, 0.3) is 0 Å². The monoisotopic (exact) mass is 581 g/mol. The third-order valence-corrected chi connectivity index (χ3v) is 11.0.